The van der Waals surface area contributed by atoms with E-state index in [0.717, 1.165) is 32.4 Å². The zero-order valence-corrected chi connectivity index (χ0v) is 11.3. The molecule has 2 unspecified atom stereocenters. The molecule has 0 radical (unpaired) electrons. The Morgan fingerprint density at radius 1 is 1.44 bits per heavy atom. The molecule has 1 aliphatic rings. The number of hydrogen-bond donors (Lipinski definition) is 2. The molecule has 2 N–H and O–H groups in total. The van der Waals surface area contributed by atoms with E-state index in [2.05, 4.69) is 12.2 Å². The molecule has 0 bridgehead atoms. The van der Waals surface area contributed by atoms with E-state index in [1.807, 2.05) is 6.92 Å². The summed E-state index contributed by atoms with van der Waals surface area (Å²) < 4.78 is 0. The highest BCUT2D eigenvalue weighted by Gasteiger charge is 2.26. The van der Waals surface area contributed by atoms with Crippen molar-refractivity contribution < 1.29 is 14.7 Å². The van der Waals surface area contributed by atoms with E-state index in [9.17, 15) is 9.59 Å². The van der Waals surface area contributed by atoms with Crippen LogP contribution in [0.3, 0.4) is 0 Å². The lowest BCUT2D eigenvalue weighted by Gasteiger charge is -2.19. The first-order valence-electron chi connectivity index (χ1n) is 6.84. The fourth-order valence-electron chi connectivity index (χ4n) is 2.39. The minimum absolute atomic E-state index is 0.117. The molecule has 0 aromatic rings. The van der Waals surface area contributed by atoms with Crippen LogP contribution in [0.5, 0.6) is 0 Å². The highest BCUT2D eigenvalue weighted by Crippen LogP contribution is 2.20. The fraction of sp³-hybridized carbons (Fsp3) is 0.846. The first-order chi connectivity index (χ1) is 8.58. The molecule has 5 nitrogen and oxygen atoms in total. The van der Waals surface area contributed by atoms with Crippen molar-refractivity contribution in [1.82, 2.24) is 10.2 Å². The molecule has 5 heteroatoms. The van der Waals surface area contributed by atoms with Crippen molar-refractivity contribution in [1.29, 1.82) is 0 Å². The average Bonchev–Trinajstić information content (AvgIpc) is 2.78. The van der Waals surface area contributed by atoms with Gasteiger partial charge in [-0.15, -0.1) is 0 Å². The van der Waals surface area contributed by atoms with Crippen molar-refractivity contribution in [3.8, 4) is 0 Å². The van der Waals surface area contributed by atoms with Crippen LogP contribution in [0.1, 0.15) is 39.5 Å². The molecule has 104 valence electrons. The quantitative estimate of drug-likeness (QED) is 0.763. The number of aliphatic carboxylic acids is 1. The maximum Gasteiger partial charge on any atom is 0.317 e. The molecule has 0 aromatic heterocycles. The lowest BCUT2D eigenvalue weighted by Crippen LogP contribution is -2.41. The molecule has 1 aliphatic heterocycles. The minimum Gasteiger partial charge on any atom is -0.481 e. The number of likely N-dealkylation sites (tertiary alicyclic amines) is 1. The summed E-state index contributed by atoms with van der Waals surface area (Å²) in [5.41, 5.74) is 0. The number of carboxylic acids is 1. The zero-order chi connectivity index (χ0) is 13.5. The smallest absolute Gasteiger partial charge is 0.317 e. The topological polar surface area (TPSA) is 69.6 Å². The van der Waals surface area contributed by atoms with Crippen molar-refractivity contribution in [3.05, 3.63) is 0 Å². The molecule has 1 saturated heterocycles. The Labute approximate surface area is 109 Å². The number of carbonyl (C=O) groups excluding carboxylic acids is 1. The lowest BCUT2D eigenvalue weighted by atomic mass is 10.0. The summed E-state index contributed by atoms with van der Waals surface area (Å²) in [6.07, 6.45) is 3.92. The fourth-order valence-corrected chi connectivity index (χ4v) is 2.39. The van der Waals surface area contributed by atoms with Gasteiger partial charge in [-0.2, -0.15) is 0 Å². The van der Waals surface area contributed by atoms with Gasteiger partial charge in [0.05, 0.1) is 5.92 Å². The van der Waals surface area contributed by atoms with Crippen molar-refractivity contribution in [2.24, 2.45) is 11.8 Å². The summed E-state index contributed by atoms with van der Waals surface area (Å²) in [7, 11) is 0. The molecule has 1 heterocycles. The van der Waals surface area contributed by atoms with E-state index < -0.39 is 11.9 Å². The van der Waals surface area contributed by atoms with Crippen LogP contribution in [0.25, 0.3) is 0 Å². The maximum atomic E-state index is 11.9. The third-order valence-electron chi connectivity index (χ3n) is 3.61. The number of rotatable bonds is 6. The van der Waals surface area contributed by atoms with Crippen LogP contribution < -0.4 is 5.32 Å². The molecule has 18 heavy (non-hydrogen) atoms. The van der Waals surface area contributed by atoms with Crippen molar-refractivity contribution in [3.63, 3.8) is 0 Å². The Balaban J connectivity index is 2.31. The predicted octanol–water partition coefficient (Wildman–Crippen LogP) is 1.93. The van der Waals surface area contributed by atoms with E-state index in [-0.39, 0.29) is 12.6 Å². The van der Waals surface area contributed by atoms with Gasteiger partial charge in [0.1, 0.15) is 0 Å². The number of hydrogen-bond acceptors (Lipinski definition) is 2. The molecular formula is C13H24N2O3. The molecule has 1 rings (SSSR count). The molecular weight excluding hydrogens is 232 g/mol. The van der Waals surface area contributed by atoms with Crippen LogP contribution in [-0.2, 0) is 4.79 Å². The number of nitrogens with one attached hydrogen (secondary N) is 1. The molecule has 0 saturated carbocycles. The largest absolute Gasteiger partial charge is 0.481 e. The normalized spacial score (nSPS) is 20.8. The highest BCUT2D eigenvalue weighted by atomic mass is 16.4. The molecule has 0 spiro atoms. The average molecular weight is 256 g/mol. The number of carbonyl (C=O) groups is 2. The first-order valence-corrected chi connectivity index (χ1v) is 6.84. The minimum atomic E-state index is -0.844. The molecule has 0 aromatic carbocycles. The van der Waals surface area contributed by atoms with E-state index in [0.29, 0.717) is 12.3 Å². The molecule has 0 aliphatic carbocycles. The molecule has 1 fully saturated rings. The van der Waals surface area contributed by atoms with Gasteiger partial charge in [0, 0.05) is 19.6 Å². The number of carboxylic acid groups (broad SMARTS) is 1. The van der Waals surface area contributed by atoms with Gasteiger partial charge in [-0.3, -0.25) is 4.79 Å². The number of urea groups is 1. The lowest BCUT2D eigenvalue weighted by molar-refractivity contribution is -0.141. The third kappa shape index (κ3) is 4.20. The van der Waals surface area contributed by atoms with Crippen molar-refractivity contribution in [2.75, 3.05) is 19.6 Å². The number of amides is 2. The first kappa shape index (κ1) is 14.8. The van der Waals surface area contributed by atoms with Crippen LogP contribution >= 0.6 is 0 Å². The van der Waals surface area contributed by atoms with Gasteiger partial charge in [-0.05, 0) is 25.2 Å². The standard InChI is InChI=1S/C13H24N2O3/c1-3-5-10-6-7-15(9-10)13(18)14-8-11(4-2)12(16)17/h10-11H,3-9H2,1-2H3,(H,14,18)(H,16,17). The Morgan fingerprint density at radius 2 is 2.17 bits per heavy atom. The van der Waals surface area contributed by atoms with Gasteiger partial charge < -0.3 is 15.3 Å². The van der Waals surface area contributed by atoms with Gasteiger partial charge in [-0.1, -0.05) is 20.3 Å². The Hall–Kier alpha value is -1.26. The second-order valence-corrected chi connectivity index (χ2v) is 5.02. The van der Waals surface area contributed by atoms with E-state index in [4.69, 9.17) is 5.11 Å². The van der Waals surface area contributed by atoms with Crippen LogP contribution in [0.15, 0.2) is 0 Å². The SMILES string of the molecule is CCCC1CCN(C(=O)NCC(CC)C(=O)O)C1. The van der Waals surface area contributed by atoms with Crippen molar-refractivity contribution in [2.45, 2.75) is 39.5 Å². The van der Waals surface area contributed by atoms with Gasteiger partial charge >= 0.3 is 12.0 Å². The summed E-state index contributed by atoms with van der Waals surface area (Å²) in [5, 5.41) is 11.6. The van der Waals surface area contributed by atoms with E-state index >= 15 is 0 Å². The van der Waals surface area contributed by atoms with Crippen LogP contribution in [0.4, 0.5) is 4.79 Å². The Kier molecular flexibility index (Phi) is 5.95. The Morgan fingerprint density at radius 3 is 2.72 bits per heavy atom. The van der Waals surface area contributed by atoms with Gasteiger partial charge in [0.2, 0.25) is 0 Å². The van der Waals surface area contributed by atoms with Gasteiger partial charge in [0.25, 0.3) is 0 Å². The van der Waals surface area contributed by atoms with E-state index in [1.165, 1.54) is 0 Å². The Bertz CT molecular complexity index is 294. The predicted molar refractivity (Wildman–Crippen MR) is 69.4 cm³/mol. The number of nitrogens with zero attached hydrogens (tertiary/aromatic N) is 1. The molecule has 2 amide bonds. The van der Waals surface area contributed by atoms with E-state index in [1.54, 1.807) is 4.90 Å². The monoisotopic (exact) mass is 256 g/mol. The third-order valence-corrected chi connectivity index (χ3v) is 3.61. The van der Waals surface area contributed by atoms with Crippen LogP contribution in [-0.4, -0.2) is 41.6 Å². The zero-order valence-electron chi connectivity index (χ0n) is 11.3. The summed E-state index contributed by atoms with van der Waals surface area (Å²) in [5.74, 6) is -0.715. The van der Waals surface area contributed by atoms with Crippen LogP contribution in [0.2, 0.25) is 0 Å². The summed E-state index contributed by atoms with van der Waals surface area (Å²) >= 11 is 0. The summed E-state index contributed by atoms with van der Waals surface area (Å²) in [4.78, 5) is 24.5. The maximum absolute atomic E-state index is 11.9. The summed E-state index contributed by atoms with van der Waals surface area (Å²) in [6, 6.07) is -0.117. The van der Waals surface area contributed by atoms with Crippen molar-refractivity contribution >= 4 is 12.0 Å². The second kappa shape index (κ2) is 7.24. The second-order valence-electron chi connectivity index (χ2n) is 5.02. The van der Waals surface area contributed by atoms with Gasteiger partial charge in [-0.25, -0.2) is 4.79 Å². The summed E-state index contributed by atoms with van der Waals surface area (Å²) in [6.45, 7) is 5.79. The highest BCUT2D eigenvalue weighted by molar-refractivity contribution is 5.76. The van der Waals surface area contributed by atoms with Gasteiger partial charge in [0.15, 0.2) is 0 Å². The van der Waals surface area contributed by atoms with Crippen LogP contribution in [0, 0.1) is 11.8 Å². The molecule has 2 atom stereocenters.